The van der Waals surface area contributed by atoms with E-state index in [9.17, 15) is 37.9 Å². The third-order valence-electron chi connectivity index (χ3n) is 8.81. The molecule has 13 heteroatoms. The minimum absolute atomic E-state index is 0.0912. The molecule has 6 atom stereocenters. The first-order valence-corrected chi connectivity index (χ1v) is 22.1. The van der Waals surface area contributed by atoms with Gasteiger partial charge in [-0.2, -0.15) is 8.42 Å². The first-order valence-electron chi connectivity index (χ1n) is 20.5. The second-order valence-corrected chi connectivity index (χ2v) is 15.4. The lowest BCUT2D eigenvalue weighted by Gasteiger charge is -2.40. The van der Waals surface area contributed by atoms with Crippen LogP contribution in [0.3, 0.4) is 0 Å². The summed E-state index contributed by atoms with van der Waals surface area (Å²) in [5.41, 5.74) is 0. The summed E-state index contributed by atoms with van der Waals surface area (Å²) < 4.78 is 53.7. The van der Waals surface area contributed by atoms with E-state index in [1.165, 1.54) is 32.1 Å². The molecule has 1 fully saturated rings. The first-order chi connectivity index (χ1) is 27.0. The highest BCUT2D eigenvalue weighted by Crippen LogP contribution is 2.24. The number of ether oxygens (including phenoxy) is 4. The molecule has 0 amide bonds. The summed E-state index contributed by atoms with van der Waals surface area (Å²) in [5, 5.41) is 30.7. The average Bonchev–Trinajstić information content (AvgIpc) is 3.16. The van der Waals surface area contributed by atoms with Gasteiger partial charge in [-0.15, -0.1) is 0 Å². The van der Waals surface area contributed by atoms with Gasteiger partial charge in [0.05, 0.1) is 6.61 Å². The molecule has 1 saturated heterocycles. The lowest BCUT2D eigenvalue weighted by Crippen LogP contribution is -2.60. The van der Waals surface area contributed by atoms with Crippen LogP contribution in [0.25, 0.3) is 0 Å². The number of unbranched alkanes of at least 4 members (excludes halogenated alkanes) is 8. The average molecular weight is 811 g/mol. The van der Waals surface area contributed by atoms with Gasteiger partial charge in [0.1, 0.15) is 36.8 Å². The quantitative estimate of drug-likeness (QED) is 0.0227. The van der Waals surface area contributed by atoms with E-state index in [0.717, 1.165) is 57.8 Å². The van der Waals surface area contributed by atoms with E-state index in [4.69, 9.17) is 18.9 Å². The number of hydrogen-bond acceptors (Lipinski definition) is 11. The van der Waals surface area contributed by atoms with Crippen LogP contribution in [0, 0.1) is 0 Å². The number of hydrogen-bond donors (Lipinski definition) is 4. The number of carbonyl (C=O) groups excluding carboxylic acids is 2. The molecule has 56 heavy (non-hydrogen) atoms. The third kappa shape index (κ3) is 27.6. The summed E-state index contributed by atoms with van der Waals surface area (Å²) in [6.07, 6.45) is 31.3. The molecular formula is C43H70O12S. The van der Waals surface area contributed by atoms with Crippen molar-refractivity contribution in [2.45, 2.75) is 166 Å². The Morgan fingerprint density at radius 1 is 0.625 bits per heavy atom. The van der Waals surface area contributed by atoms with Gasteiger partial charge in [-0.25, -0.2) is 0 Å². The zero-order valence-electron chi connectivity index (χ0n) is 33.7. The van der Waals surface area contributed by atoms with Gasteiger partial charge in [0.25, 0.3) is 10.1 Å². The lowest BCUT2D eigenvalue weighted by atomic mass is 10.00. The number of aliphatic hydroxyl groups is 3. The van der Waals surface area contributed by atoms with Crippen LogP contribution in [0.5, 0.6) is 0 Å². The van der Waals surface area contributed by atoms with Crippen LogP contribution in [-0.2, 0) is 38.7 Å². The topological polar surface area (TPSA) is 186 Å². The molecule has 1 aliphatic rings. The molecule has 0 aliphatic carbocycles. The summed E-state index contributed by atoms with van der Waals surface area (Å²) in [4.78, 5) is 25.2. The Balaban J connectivity index is 2.52. The largest absolute Gasteiger partial charge is 0.462 e. The normalized spacial score (nSPS) is 21.4. The van der Waals surface area contributed by atoms with Crippen molar-refractivity contribution in [3.05, 3.63) is 72.9 Å². The van der Waals surface area contributed by atoms with Gasteiger partial charge < -0.3 is 34.3 Å². The van der Waals surface area contributed by atoms with E-state index >= 15 is 0 Å². The summed E-state index contributed by atoms with van der Waals surface area (Å²) in [5.74, 6) is -2.10. The minimum atomic E-state index is -4.61. The van der Waals surface area contributed by atoms with Crippen molar-refractivity contribution in [1.29, 1.82) is 0 Å². The van der Waals surface area contributed by atoms with Gasteiger partial charge in [0, 0.05) is 12.8 Å². The molecule has 12 nitrogen and oxygen atoms in total. The molecule has 4 N–H and O–H groups in total. The Hall–Kier alpha value is -2.91. The van der Waals surface area contributed by atoms with Gasteiger partial charge in [0.2, 0.25) is 0 Å². The van der Waals surface area contributed by atoms with Crippen molar-refractivity contribution in [3.63, 3.8) is 0 Å². The third-order valence-corrected chi connectivity index (χ3v) is 9.56. The fourth-order valence-corrected chi connectivity index (χ4v) is 6.33. The van der Waals surface area contributed by atoms with E-state index in [-0.39, 0.29) is 19.4 Å². The first kappa shape index (κ1) is 51.1. The van der Waals surface area contributed by atoms with Gasteiger partial charge in [-0.1, -0.05) is 138 Å². The van der Waals surface area contributed by atoms with E-state index in [1.807, 2.05) is 12.2 Å². The number of allylic oxidation sites excluding steroid dienone is 12. The van der Waals surface area contributed by atoms with Gasteiger partial charge in [0.15, 0.2) is 12.4 Å². The van der Waals surface area contributed by atoms with E-state index in [1.54, 1.807) is 0 Å². The molecule has 320 valence electrons. The standard InChI is InChI=1S/C43H70O12S/c1-3-5-7-9-11-13-14-15-16-17-18-19-20-21-22-24-25-27-29-31-38(44)52-33-36(54-39(45)32-30-28-26-23-12-10-8-6-4-2)34-53-43-42(48)41(47)40(46)37(55-43)35-56(49,50)51/h5,7,11,13,15-16,18-19,21-22,25,27,36-37,40-43,46-48H,3-4,6,8-10,12,14,17,20,23-24,26,28-35H2,1-2H3,(H,49,50,51)/b7-5+,13-11+,16-15+,19-18+,22-21+,27-25+/t36-,37-,40-,41?,42?,43+/m1/s1. The fraction of sp³-hybridized carbons (Fsp3) is 0.674. The van der Waals surface area contributed by atoms with Crippen LogP contribution < -0.4 is 0 Å². The van der Waals surface area contributed by atoms with Crippen molar-refractivity contribution >= 4 is 22.1 Å². The molecule has 0 aromatic heterocycles. The van der Waals surface area contributed by atoms with E-state index in [0.29, 0.717) is 12.8 Å². The molecular weight excluding hydrogens is 741 g/mol. The van der Waals surface area contributed by atoms with Crippen LogP contribution in [-0.4, -0.2) is 96.0 Å². The van der Waals surface area contributed by atoms with E-state index < -0.39 is 71.2 Å². The van der Waals surface area contributed by atoms with Gasteiger partial charge in [-0.05, 0) is 51.4 Å². The maximum absolute atomic E-state index is 12.7. The molecule has 0 radical (unpaired) electrons. The number of rotatable bonds is 32. The Kier molecular flexibility index (Phi) is 30.2. The zero-order chi connectivity index (χ0) is 41.3. The maximum Gasteiger partial charge on any atom is 0.306 e. The van der Waals surface area contributed by atoms with Crippen molar-refractivity contribution in [1.82, 2.24) is 0 Å². The molecule has 0 saturated carbocycles. The van der Waals surface area contributed by atoms with Crippen LogP contribution in [0.1, 0.15) is 129 Å². The Morgan fingerprint density at radius 3 is 1.64 bits per heavy atom. The predicted molar refractivity (Wildman–Crippen MR) is 219 cm³/mol. The highest BCUT2D eigenvalue weighted by Gasteiger charge is 2.46. The molecule has 1 aliphatic heterocycles. The smallest absolute Gasteiger partial charge is 0.306 e. The monoisotopic (exact) mass is 810 g/mol. The number of aliphatic hydroxyl groups excluding tert-OH is 3. The summed E-state index contributed by atoms with van der Waals surface area (Å²) in [6, 6.07) is 0. The highest BCUT2D eigenvalue weighted by atomic mass is 32.2. The molecule has 0 aromatic rings. The molecule has 0 bridgehead atoms. The van der Waals surface area contributed by atoms with E-state index in [2.05, 4.69) is 74.6 Å². The van der Waals surface area contributed by atoms with Crippen LogP contribution in [0.2, 0.25) is 0 Å². The highest BCUT2D eigenvalue weighted by molar-refractivity contribution is 7.85. The van der Waals surface area contributed by atoms with Crippen LogP contribution in [0.4, 0.5) is 0 Å². The molecule has 1 heterocycles. The fourth-order valence-electron chi connectivity index (χ4n) is 5.64. The molecule has 0 aromatic carbocycles. The molecule has 1 rings (SSSR count). The molecule has 2 unspecified atom stereocenters. The lowest BCUT2D eigenvalue weighted by molar-refractivity contribution is -0.297. The zero-order valence-corrected chi connectivity index (χ0v) is 34.5. The van der Waals surface area contributed by atoms with Crippen LogP contribution in [0.15, 0.2) is 72.9 Å². The van der Waals surface area contributed by atoms with Crippen molar-refractivity contribution < 1.29 is 56.8 Å². The van der Waals surface area contributed by atoms with Crippen molar-refractivity contribution in [3.8, 4) is 0 Å². The molecule has 0 spiro atoms. The van der Waals surface area contributed by atoms with Crippen molar-refractivity contribution in [2.75, 3.05) is 19.0 Å². The van der Waals surface area contributed by atoms with Gasteiger partial charge >= 0.3 is 11.9 Å². The Bertz CT molecular complexity index is 1320. The Labute approximate surface area is 336 Å². The van der Waals surface area contributed by atoms with Crippen molar-refractivity contribution in [2.24, 2.45) is 0 Å². The summed E-state index contributed by atoms with van der Waals surface area (Å²) in [7, 11) is -4.61. The number of carbonyl (C=O) groups is 2. The second kappa shape index (κ2) is 33.1. The second-order valence-electron chi connectivity index (χ2n) is 13.9. The summed E-state index contributed by atoms with van der Waals surface area (Å²) >= 11 is 0. The predicted octanol–water partition coefficient (Wildman–Crippen LogP) is 7.55. The number of esters is 2. The SMILES string of the molecule is CC/C=C/C/C=C/C/C=C/C/C=C/C/C=C/C/C=C/CCC(=O)OC[C@H](CO[C@H]1O[C@H](CS(=O)(=O)O)[C@@H](O)C(O)C1O)OC(=O)CCCCCCCCCCC. The minimum Gasteiger partial charge on any atom is -0.462 e. The Morgan fingerprint density at radius 2 is 1.12 bits per heavy atom. The van der Waals surface area contributed by atoms with Crippen LogP contribution >= 0.6 is 0 Å². The van der Waals surface area contributed by atoms with Gasteiger partial charge in [-0.3, -0.25) is 14.1 Å². The maximum atomic E-state index is 12.7. The summed E-state index contributed by atoms with van der Waals surface area (Å²) in [6.45, 7) is 3.52.